The molecule has 8 nitrogen and oxygen atoms in total. The number of anilines is 2. The number of likely N-dealkylation sites (tertiary alicyclic amines) is 1. The normalized spacial score (nSPS) is 16.3. The molecule has 1 aliphatic heterocycles. The topological polar surface area (TPSA) is 99.5 Å². The Kier molecular flexibility index (Phi) is 7.87. The van der Waals surface area contributed by atoms with Crippen LogP contribution in [0.1, 0.15) is 46.0 Å². The van der Waals surface area contributed by atoms with Crippen LogP contribution in [-0.2, 0) is 11.3 Å². The summed E-state index contributed by atoms with van der Waals surface area (Å²) in [5.41, 5.74) is 3.76. The number of aromatic nitrogens is 2. The third kappa shape index (κ3) is 5.78. The summed E-state index contributed by atoms with van der Waals surface area (Å²) < 4.78 is 15.6. The molecule has 202 valence electrons. The zero-order valence-corrected chi connectivity index (χ0v) is 22.4. The number of nitrogens with zero attached hydrogens (tertiary/aromatic N) is 3. The fourth-order valence-corrected chi connectivity index (χ4v) is 5.71. The van der Waals surface area contributed by atoms with Crippen molar-refractivity contribution < 1.29 is 19.1 Å². The van der Waals surface area contributed by atoms with Crippen LogP contribution in [0.2, 0.25) is 0 Å². The van der Waals surface area contributed by atoms with Crippen molar-refractivity contribution in [3.8, 4) is 5.69 Å². The van der Waals surface area contributed by atoms with E-state index >= 15 is 0 Å². The van der Waals surface area contributed by atoms with Gasteiger partial charge < -0.3 is 10.4 Å². The molecule has 4 aromatic rings. The summed E-state index contributed by atoms with van der Waals surface area (Å²) in [6.07, 6.45) is 2.08. The number of imidazole rings is 1. The smallest absolute Gasteiger partial charge is 0.268 e. The fourth-order valence-electron chi connectivity index (χ4n) is 4.88. The number of carbonyl (C=O) groups is 2. The van der Waals surface area contributed by atoms with Crippen molar-refractivity contribution in [1.29, 1.82) is 0 Å². The van der Waals surface area contributed by atoms with E-state index in [-0.39, 0.29) is 24.5 Å². The summed E-state index contributed by atoms with van der Waals surface area (Å²) >= 11 is 1.10. The van der Waals surface area contributed by atoms with Crippen LogP contribution in [0.15, 0.2) is 67.3 Å². The number of hydrogen-bond acceptors (Lipinski definition) is 6. The van der Waals surface area contributed by atoms with Crippen LogP contribution in [0.3, 0.4) is 0 Å². The molecule has 0 radical (unpaired) electrons. The molecule has 0 saturated carbocycles. The molecule has 2 aromatic heterocycles. The van der Waals surface area contributed by atoms with E-state index in [0.29, 0.717) is 39.1 Å². The van der Waals surface area contributed by atoms with Crippen molar-refractivity contribution in [2.75, 3.05) is 23.8 Å². The first kappa shape index (κ1) is 26.7. The molecule has 10 heteroatoms. The third-order valence-electron chi connectivity index (χ3n) is 6.84. The molecule has 3 N–H and O–H groups in total. The van der Waals surface area contributed by atoms with Crippen LogP contribution in [0.5, 0.6) is 0 Å². The molecule has 2 amide bonds. The number of alkyl halides is 1. The van der Waals surface area contributed by atoms with Gasteiger partial charge in [-0.25, -0.2) is 9.37 Å². The first-order valence-corrected chi connectivity index (χ1v) is 13.6. The molecule has 2 aromatic carbocycles. The summed E-state index contributed by atoms with van der Waals surface area (Å²) in [5, 5.41) is 15.4. The second-order valence-electron chi connectivity index (χ2n) is 9.56. The largest absolute Gasteiger partial charge is 0.395 e. The second kappa shape index (κ2) is 11.5. The molecule has 1 saturated heterocycles. The number of fused-ring (bicyclic) bond motifs is 1. The Morgan fingerprint density at radius 1 is 1.23 bits per heavy atom. The van der Waals surface area contributed by atoms with Crippen LogP contribution in [-0.4, -0.2) is 50.6 Å². The number of nitrogens with one attached hydrogen (secondary N) is 2. The predicted octanol–water partition coefficient (Wildman–Crippen LogP) is 5.45. The molecule has 3 heterocycles. The zero-order chi connectivity index (χ0) is 27.5. The van der Waals surface area contributed by atoms with Crippen molar-refractivity contribution >= 4 is 45.8 Å². The van der Waals surface area contributed by atoms with Crippen molar-refractivity contribution in [3.05, 3.63) is 82.6 Å². The highest BCUT2D eigenvalue weighted by Crippen LogP contribution is 2.30. The number of thiophene rings is 1. The maximum absolute atomic E-state index is 13.8. The van der Waals surface area contributed by atoms with Gasteiger partial charge in [0.25, 0.3) is 5.91 Å². The van der Waals surface area contributed by atoms with Gasteiger partial charge in [-0.3, -0.25) is 24.4 Å². The lowest BCUT2D eigenvalue weighted by Gasteiger charge is -2.22. The number of aliphatic hydroxyl groups is 1. The SMILES string of the molecule is C=CC(=O)Nc1cccc(-n2c(NC(=O)c3ccc(C(C)F)s3)nc3cc(CN4CCC[C@H]4CO)ccc32)c1. The van der Waals surface area contributed by atoms with E-state index in [1.807, 2.05) is 28.8 Å². The average molecular weight is 548 g/mol. The quantitative estimate of drug-likeness (QED) is 0.242. The number of halogens is 1. The molecule has 1 unspecified atom stereocenters. The minimum atomic E-state index is -1.16. The van der Waals surface area contributed by atoms with Crippen molar-refractivity contribution in [2.24, 2.45) is 0 Å². The Balaban J connectivity index is 1.53. The van der Waals surface area contributed by atoms with Gasteiger partial charge in [0.2, 0.25) is 11.9 Å². The van der Waals surface area contributed by atoms with Crippen LogP contribution in [0, 0.1) is 0 Å². The van der Waals surface area contributed by atoms with Gasteiger partial charge in [-0.15, -0.1) is 11.3 Å². The Bertz CT molecular complexity index is 1530. The lowest BCUT2D eigenvalue weighted by atomic mass is 10.1. The van der Waals surface area contributed by atoms with Gasteiger partial charge in [0, 0.05) is 23.2 Å². The summed E-state index contributed by atoms with van der Waals surface area (Å²) in [6, 6.07) is 16.6. The van der Waals surface area contributed by atoms with Gasteiger partial charge in [0.1, 0.15) is 6.17 Å². The molecule has 39 heavy (non-hydrogen) atoms. The van der Waals surface area contributed by atoms with E-state index in [1.165, 1.54) is 13.0 Å². The van der Waals surface area contributed by atoms with E-state index in [9.17, 15) is 19.1 Å². The molecule has 5 rings (SSSR count). The van der Waals surface area contributed by atoms with Gasteiger partial charge in [-0.2, -0.15) is 0 Å². The Morgan fingerprint density at radius 3 is 2.82 bits per heavy atom. The van der Waals surface area contributed by atoms with Crippen molar-refractivity contribution in [2.45, 2.75) is 38.5 Å². The van der Waals surface area contributed by atoms with E-state index in [0.717, 1.165) is 41.8 Å². The summed E-state index contributed by atoms with van der Waals surface area (Å²) in [5.74, 6) is -0.417. The molecule has 1 fully saturated rings. The predicted molar refractivity (Wildman–Crippen MR) is 152 cm³/mol. The average Bonchev–Trinajstić information content (AvgIpc) is 3.67. The van der Waals surface area contributed by atoms with Crippen LogP contribution >= 0.6 is 11.3 Å². The van der Waals surface area contributed by atoms with Gasteiger partial charge in [-0.05, 0) is 80.4 Å². The number of rotatable bonds is 9. The van der Waals surface area contributed by atoms with Crippen LogP contribution < -0.4 is 10.6 Å². The Morgan fingerprint density at radius 2 is 2.08 bits per heavy atom. The maximum Gasteiger partial charge on any atom is 0.268 e. The molecule has 2 atom stereocenters. The summed E-state index contributed by atoms with van der Waals surface area (Å²) in [6.45, 7) is 6.70. The first-order chi connectivity index (χ1) is 18.9. The molecule has 0 bridgehead atoms. The van der Waals surface area contributed by atoms with E-state index in [4.69, 9.17) is 4.98 Å². The molecule has 0 aliphatic carbocycles. The summed E-state index contributed by atoms with van der Waals surface area (Å²) in [7, 11) is 0. The minimum Gasteiger partial charge on any atom is -0.395 e. The monoisotopic (exact) mass is 547 g/mol. The fraction of sp³-hybridized carbons (Fsp3) is 0.276. The van der Waals surface area contributed by atoms with Gasteiger partial charge in [0.05, 0.1) is 28.2 Å². The zero-order valence-electron chi connectivity index (χ0n) is 21.6. The standard InChI is InChI=1S/C29H30FN5O3S/c1-3-27(37)31-20-6-4-7-21(15-20)35-24-10-9-19(16-34-13-5-8-22(34)17-36)14-23(24)32-29(35)33-28(38)26-12-11-25(39-26)18(2)30/h3-4,6-7,9-12,14-15,18,22,36H,1,5,8,13,16-17H2,2H3,(H,31,37)(H,32,33,38)/t18?,22-/m0/s1. The minimum absolute atomic E-state index is 0.136. The Labute approximate surface area is 229 Å². The molecule has 1 aliphatic rings. The van der Waals surface area contributed by atoms with Crippen LogP contribution in [0.4, 0.5) is 16.0 Å². The first-order valence-electron chi connectivity index (χ1n) is 12.8. The second-order valence-corrected chi connectivity index (χ2v) is 10.7. The van der Waals surface area contributed by atoms with Crippen molar-refractivity contribution in [3.63, 3.8) is 0 Å². The highest BCUT2D eigenvalue weighted by molar-refractivity contribution is 7.14. The van der Waals surface area contributed by atoms with E-state index in [2.05, 4.69) is 22.1 Å². The lowest BCUT2D eigenvalue weighted by molar-refractivity contribution is -0.111. The van der Waals surface area contributed by atoms with Crippen molar-refractivity contribution in [1.82, 2.24) is 14.5 Å². The number of amides is 2. The molecule has 0 spiro atoms. The van der Waals surface area contributed by atoms with Gasteiger partial charge >= 0.3 is 0 Å². The van der Waals surface area contributed by atoms with E-state index < -0.39 is 6.17 Å². The molecular weight excluding hydrogens is 517 g/mol. The number of aliphatic hydroxyl groups excluding tert-OH is 1. The highest BCUT2D eigenvalue weighted by atomic mass is 32.1. The Hall–Kier alpha value is -3.86. The number of hydrogen-bond donors (Lipinski definition) is 3. The third-order valence-corrected chi connectivity index (χ3v) is 8.08. The molecular formula is C29H30FN5O3S. The van der Waals surface area contributed by atoms with Gasteiger partial charge in [-0.1, -0.05) is 18.7 Å². The number of carbonyl (C=O) groups excluding carboxylic acids is 2. The maximum atomic E-state index is 13.8. The highest BCUT2D eigenvalue weighted by Gasteiger charge is 2.24. The lowest BCUT2D eigenvalue weighted by Crippen LogP contribution is -2.31. The van der Waals surface area contributed by atoms with E-state index in [1.54, 1.807) is 30.3 Å². The summed E-state index contributed by atoms with van der Waals surface area (Å²) in [4.78, 5) is 32.9. The van der Waals surface area contributed by atoms with Crippen LogP contribution in [0.25, 0.3) is 16.7 Å². The number of benzene rings is 2. The van der Waals surface area contributed by atoms with Gasteiger partial charge in [0.15, 0.2) is 0 Å².